The summed E-state index contributed by atoms with van der Waals surface area (Å²) in [6.07, 6.45) is 0. The molecule has 2 atom stereocenters. The van der Waals surface area contributed by atoms with Crippen LogP contribution in [0.25, 0.3) is 0 Å². The lowest BCUT2D eigenvalue weighted by Crippen LogP contribution is -2.27. The minimum Gasteiger partial charge on any atom is -0.396 e. The molecule has 1 aromatic rings. The predicted molar refractivity (Wildman–Crippen MR) is 68.9 cm³/mol. The Hall–Kier alpha value is -0.570. The van der Waals surface area contributed by atoms with Crippen molar-refractivity contribution < 1.29 is 5.11 Å². The van der Waals surface area contributed by atoms with Gasteiger partial charge < -0.3 is 10.0 Å². The Morgan fingerprint density at radius 3 is 2.44 bits per heavy atom. The molecule has 0 fully saturated rings. The number of aryl methyl sites for hydroxylation is 1. The maximum absolute atomic E-state index is 9.29. The number of rotatable bonds is 4. The molecule has 0 aromatic heterocycles. The molecule has 3 heteroatoms. The first-order valence-corrected chi connectivity index (χ1v) is 5.88. The molecule has 1 rings (SSSR count). The molecular weight excluding hydrogens is 222 g/mol. The van der Waals surface area contributed by atoms with Gasteiger partial charge in [0, 0.05) is 17.7 Å². The van der Waals surface area contributed by atoms with E-state index >= 15 is 0 Å². The SMILES string of the molecule is Cc1cc(C(C(C)CO)N(C)C)ccc1Cl. The quantitative estimate of drug-likeness (QED) is 0.876. The maximum atomic E-state index is 9.29. The van der Waals surface area contributed by atoms with Crippen molar-refractivity contribution in [2.75, 3.05) is 20.7 Å². The molecule has 0 bridgehead atoms. The van der Waals surface area contributed by atoms with Gasteiger partial charge in [-0.2, -0.15) is 0 Å². The van der Waals surface area contributed by atoms with E-state index < -0.39 is 0 Å². The minimum atomic E-state index is 0.185. The average Bonchev–Trinajstić information content (AvgIpc) is 2.22. The topological polar surface area (TPSA) is 23.5 Å². The molecule has 16 heavy (non-hydrogen) atoms. The summed E-state index contributed by atoms with van der Waals surface area (Å²) in [5.41, 5.74) is 2.28. The van der Waals surface area contributed by atoms with Crippen LogP contribution >= 0.6 is 11.6 Å². The van der Waals surface area contributed by atoms with Crippen molar-refractivity contribution in [1.29, 1.82) is 0 Å². The van der Waals surface area contributed by atoms with E-state index in [0.717, 1.165) is 10.6 Å². The number of nitrogens with zero attached hydrogens (tertiary/aromatic N) is 1. The molecule has 0 heterocycles. The van der Waals surface area contributed by atoms with E-state index in [1.165, 1.54) is 5.56 Å². The van der Waals surface area contributed by atoms with E-state index in [0.29, 0.717) is 0 Å². The van der Waals surface area contributed by atoms with Crippen LogP contribution < -0.4 is 0 Å². The smallest absolute Gasteiger partial charge is 0.0474 e. The fraction of sp³-hybridized carbons (Fsp3) is 0.538. The summed E-state index contributed by atoms with van der Waals surface area (Å²) >= 11 is 6.02. The highest BCUT2D eigenvalue weighted by Crippen LogP contribution is 2.29. The zero-order valence-electron chi connectivity index (χ0n) is 10.4. The minimum absolute atomic E-state index is 0.185. The molecule has 0 saturated carbocycles. The van der Waals surface area contributed by atoms with Crippen LogP contribution in [-0.4, -0.2) is 30.7 Å². The zero-order chi connectivity index (χ0) is 12.3. The Bertz CT molecular complexity index is 352. The predicted octanol–water partition coefficient (Wildman–Crippen LogP) is 2.88. The summed E-state index contributed by atoms with van der Waals surface area (Å²) in [6.45, 7) is 4.24. The molecule has 1 aromatic carbocycles. The highest BCUT2D eigenvalue weighted by Gasteiger charge is 2.21. The molecule has 0 saturated heterocycles. The molecular formula is C13H20ClNO. The first-order chi connectivity index (χ1) is 7.47. The lowest BCUT2D eigenvalue weighted by molar-refractivity contribution is 0.145. The molecule has 0 spiro atoms. The fourth-order valence-electron chi connectivity index (χ4n) is 2.09. The van der Waals surface area contributed by atoms with Crippen LogP contribution in [0.4, 0.5) is 0 Å². The Kier molecular flexibility index (Phi) is 4.78. The van der Waals surface area contributed by atoms with Crippen molar-refractivity contribution in [3.8, 4) is 0 Å². The first-order valence-electron chi connectivity index (χ1n) is 5.50. The van der Waals surface area contributed by atoms with Crippen molar-refractivity contribution in [3.05, 3.63) is 34.3 Å². The standard InChI is InChI=1S/C13H20ClNO/c1-9-7-11(5-6-12(9)14)13(15(3)4)10(2)8-16/h5-7,10,13,16H,8H2,1-4H3. The van der Waals surface area contributed by atoms with Crippen molar-refractivity contribution in [1.82, 2.24) is 4.90 Å². The van der Waals surface area contributed by atoms with Gasteiger partial charge in [-0.1, -0.05) is 30.7 Å². The molecule has 90 valence electrons. The second-order valence-corrected chi connectivity index (χ2v) is 4.98. The van der Waals surface area contributed by atoms with Crippen molar-refractivity contribution >= 4 is 11.6 Å². The highest BCUT2D eigenvalue weighted by atomic mass is 35.5. The Morgan fingerprint density at radius 1 is 1.38 bits per heavy atom. The molecule has 0 aliphatic carbocycles. The average molecular weight is 242 g/mol. The van der Waals surface area contributed by atoms with E-state index in [1.54, 1.807) is 0 Å². The molecule has 0 aliphatic heterocycles. The van der Waals surface area contributed by atoms with Gasteiger partial charge in [-0.25, -0.2) is 0 Å². The molecule has 0 aliphatic rings. The largest absolute Gasteiger partial charge is 0.396 e. The number of aliphatic hydroxyl groups excluding tert-OH is 1. The van der Waals surface area contributed by atoms with Crippen LogP contribution in [-0.2, 0) is 0 Å². The number of benzene rings is 1. The fourth-order valence-corrected chi connectivity index (χ4v) is 2.20. The zero-order valence-corrected chi connectivity index (χ0v) is 11.1. The second-order valence-electron chi connectivity index (χ2n) is 4.58. The number of aliphatic hydroxyl groups is 1. The number of halogens is 1. The van der Waals surface area contributed by atoms with Crippen molar-refractivity contribution in [2.24, 2.45) is 5.92 Å². The van der Waals surface area contributed by atoms with Crippen molar-refractivity contribution in [3.63, 3.8) is 0 Å². The molecule has 2 unspecified atom stereocenters. The highest BCUT2D eigenvalue weighted by molar-refractivity contribution is 6.31. The lowest BCUT2D eigenvalue weighted by atomic mass is 9.93. The monoisotopic (exact) mass is 241 g/mol. The normalized spacial score (nSPS) is 15.2. The first kappa shape index (κ1) is 13.5. The van der Waals surface area contributed by atoms with Gasteiger partial charge in [0.05, 0.1) is 0 Å². The van der Waals surface area contributed by atoms with Crippen LogP contribution in [0.1, 0.15) is 24.1 Å². The van der Waals surface area contributed by atoms with Gasteiger partial charge in [0.15, 0.2) is 0 Å². The van der Waals surface area contributed by atoms with E-state index in [-0.39, 0.29) is 18.6 Å². The van der Waals surface area contributed by atoms with Gasteiger partial charge in [0.1, 0.15) is 0 Å². The molecule has 0 amide bonds. The van der Waals surface area contributed by atoms with Crippen molar-refractivity contribution in [2.45, 2.75) is 19.9 Å². The Balaban J connectivity index is 3.06. The van der Waals surface area contributed by atoms with Gasteiger partial charge >= 0.3 is 0 Å². The number of hydrogen-bond acceptors (Lipinski definition) is 2. The van der Waals surface area contributed by atoms with Crippen LogP contribution in [0.5, 0.6) is 0 Å². The Morgan fingerprint density at radius 2 is 2.00 bits per heavy atom. The summed E-state index contributed by atoms with van der Waals surface area (Å²) < 4.78 is 0. The molecule has 2 nitrogen and oxygen atoms in total. The van der Waals surface area contributed by atoms with E-state index in [9.17, 15) is 5.11 Å². The summed E-state index contributed by atoms with van der Waals surface area (Å²) in [7, 11) is 4.06. The van der Waals surface area contributed by atoms with Gasteiger partial charge in [0.2, 0.25) is 0 Å². The van der Waals surface area contributed by atoms with Crippen LogP contribution in [0.3, 0.4) is 0 Å². The Labute approximate surface area is 103 Å². The summed E-state index contributed by atoms with van der Waals surface area (Å²) in [4.78, 5) is 2.13. The van der Waals surface area contributed by atoms with Crippen LogP contribution in [0, 0.1) is 12.8 Å². The van der Waals surface area contributed by atoms with Crippen LogP contribution in [0.15, 0.2) is 18.2 Å². The van der Waals surface area contributed by atoms with Gasteiger partial charge in [-0.3, -0.25) is 0 Å². The third kappa shape index (κ3) is 2.97. The maximum Gasteiger partial charge on any atom is 0.0474 e. The lowest BCUT2D eigenvalue weighted by Gasteiger charge is -2.29. The summed E-state index contributed by atoms with van der Waals surface area (Å²) in [5, 5.41) is 10.1. The van der Waals surface area contributed by atoms with Gasteiger partial charge in [-0.05, 0) is 44.1 Å². The second kappa shape index (κ2) is 5.67. The van der Waals surface area contributed by atoms with Gasteiger partial charge in [-0.15, -0.1) is 0 Å². The third-order valence-corrected chi connectivity index (χ3v) is 3.33. The number of hydrogen-bond donors (Lipinski definition) is 1. The third-order valence-electron chi connectivity index (χ3n) is 2.91. The van der Waals surface area contributed by atoms with Crippen LogP contribution in [0.2, 0.25) is 5.02 Å². The molecule has 1 N–H and O–H groups in total. The molecule has 0 radical (unpaired) electrons. The van der Waals surface area contributed by atoms with E-state index in [4.69, 9.17) is 11.6 Å². The van der Waals surface area contributed by atoms with E-state index in [2.05, 4.69) is 17.9 Å². The summed E-state index contributed by atoms with van der Waals surface area (Å²) in [6, 6.07) is 6.28. The van der Waals surface area contributed by atoms with Gasteiger partial charge in [0.25, 0.3) is 0 Å². The summed E-state index contributed by atoms with van der Waals surface area (Å²) in [5.74, 6) is 0.204. The van der Waals surface area contributed by atoms with E-state index in [1.807, 2.05) is 33.2 Å².